The molecule has 0 saturated heterocycles. The molecule has 0 aliphatic heterocycles. The van der Waals surface area contributed by atoms with Gasteiger partial charge in [-0.3, -0.25) is 4.79 Å². The van der Waals surface area contributed by atoms with Crippen LogP contribution >= 0.6 is 0 Å². The van der Waals surface area contributed by atoms with E-state index in [-0.39, 0.29) is 10.9 Å². The molecule has 1 aromatic heterocycles. The van der Waals surface area contributed by atoms with Gasteiger partial charge >= 0.3 is 0 Å². The number of hydrogen-bond acceptors (Lipinski definition) is 3. The molecule has 4 nitrogen and oxygen atoms in total. The zero-order valence-corrected chi connectivity index (χ0v) is 6.41. The molecule has 2 N–H and O–H groups in total. The van der Waals surface area contributed by atoms with Gasteiger partial charge in [-0.25, -0.2) is 9.37 Å². The van der Waals surface area contributed by atoms with E-state index >= 15 is 0 Å². The molecule has 0 unspecified atom stereocenters. The van der Waals surface area contributed by atoms with Crippen LogP contribution in [0.1, 0.15) is 0 Å². The third kappa shape index (κ3) is 1.14. The van der Waals surface area contributed by atoms with Crippen LogP contribution in [0.15, 0.2) is 23.3 Å². The van der Waals surface area contributed by atoms with Crippen LogP contribution in [0.25, 0.3) is 10.9 Å². The number of rotatable bonds is 0. The third-order valence-electron chi connectivity index (χ3n) is 1.69. The van der Waals surface area contributed by atoms with Crippen molar-refractivity contribution in [3.8, 4) is 5.75 Å². The maximum absolute atomic E-state index is 12.7. The van der Waals surface area contributed by atoms with E-state index in [2.05, 4.69) is 9.97 Å². The minimum atomic E-state index is -0.622. The molecule has 0 atom stereocenters. The highest BCUT2D eigenvalue weighted by Gasteiger charge is 2.06. The number of halogens is 1. The van der Waals surface area contributed by atoms with E-state index in [0.717, 1.165) is 18.5 Å². The molecule has 66 valence electrons. The molecule has 0 spiro atoms. The Balaban J connectivity index is 3.03. The number of aromatic hydroxyl groups is 1. The summed E-state index contributed by atoms with van der Waals surface area (Å²) in [7, 11) is 0. The van der Waals surface area contributed by atoms with Gasteiger partial charge in [0.25, 0.3) is 5.56 Å². The van der Waals surface area contributed by atoms with Crippen molar-refractivity contribution in [3.05, 3.63) is 34.6 Å². The van der Waals surface area contributed by atoms with Crippen LogP contribution < -0.4 is 5.56 Å². The molecule has 0 amide bonds. The smallest absolute Gasteiger partial charge is 0.262 e. The van der Waals surface area contributed by atoms with Gasteiger partial charge in [0.2, 0.25) is 0 Å². The second-order valence-electron chi connectivity index (χ2n) is 2.55. The Morgan fingerprint density at radius 3 is 3.00 bits per heavy atom. The highest BCUT2D eigenvalue weighted by Crippen LogP contribution is 2.20. The van der Waals surface area contributed by atoms with Crippen LogP contribution in [-0.4, -0.2) is 15.1 Å². The number of H-pyrrole nitrogens is 1. The minimum absolute atomic E-state index is 0.00361. The van der Waals surface area contributed by atoms with Crippen molar-refractivity contribution in [2.24, 2.45) is 0 Å². The number of benzene rings is 1. The number of nitrogens with one attached hydrogen (secondary N) is 1. The Bertz CT molecular complexity index is 521. The normalized spacial score (nSPS) is 10.5. The summed E-state index contributed by atoms with van der Waals surface area (Å²) >= 11 is 0. The average molecular weight is 180 g/mol. The topological polar surface area (TPSA) is 66.0 Å². The van der Waals surface area contributed by atoms with Crippen molar-refractivity contribution in [3.63, 3.8) is 0 Å². The molecule has 0 aliphatic rings. The Morgan fingerprint density at radius 1 is 1.46 bits per heavy atom. The molecule has 0 radical (unpaired) electrons. The van der Waals surface area contributed by atoms with E-state index in [1.54, 1.807) is 0 Å². The lowest BCUT2D eigenvalue weighted by Gasteiger charge is -1.98. The van der Waals surface area contributed by atoms with E-state index < -0.39 is 17.1 Å². The Hall–Kier alpha value is -1.91. The van der Waals surface area contributed by atoms with Crippen LogP contribution in [0.2, 0.25) is 0 Å². The molecule has 1 aromatic carbocycles. The summed E-state index contributed by atoms with van der Waals surface area (Å²) in [5.74, 6) is -1.02. The molecule has 0 saturated carbocycles. The van der Waals surface area contributed by atoms with Gasteiger partial charge in [0.05, 0.1) is 11.8 Å². The van der Waals surface area contributed by atoms with Gasteiger partial charge in [-0.1, -0.05) is 0 Å². The quantitative estimate of drug-likeness (QED) is 0.629. The molecule has 2 rings (SSSR count). The van der Waals surface area contributed by atoms with Crippen molar-refractivity contribution in [2.75, 3.05) is 0 Å². The lowest BCUT2D eigenvalue weighted by molar-refractivity contribution is 0.475. The molecule has 0 bridgehead atoms. The van der Waals surface area contributed by atoms with Crippen LogP contribution in [0.3, 0.4) is 0 Å². The number of phenols is 1. The molecule has 0 fully saturated rings. The Labute approximate surface area is 71.7 Å². The number of aromatic amines is 1. The largest absolute Gasteiger partial charge is 0.507 e. The predicted octanol–water partition coefficient (Wildman–Crippen LogP) is 0.768. The summed E-state index contributed by atoms with van der Waals surface area (Å²) in [4.78, 5) is 17.1. The fraction of sp³-hybridized carbons (Fsp3) is 0. The van der Waals surface area contributed by atoms with Crippen LogP contribution in [0.4, 0.5) is 4.39 Å². The molecule has 2 aromatic rings. The first-order valence-electron chi connectivity index (χ1n) is 3.54. The summed E-state index contributed by atoms with van der Waals surface area (Å²) in [5.41, 5.74) is -0.344. The lowest BCUT2D eigenvalue weighted by atomic mass is 10.2. The van der Waals surface area contributed by atoms with Crippen molar-refractivity contribution in [1.29, 1.82) is 0 Å². The fourth-order valence-corrected chi connectivity index (χ4v) is 1.15. The first-order chi connectivity index (χ1) is 6.18. The van der Waals surface area contributed by atoms with Gasteiger partial charge in [0.15, 0.2) is 0 Å². The summed E-state index contributed by atoms with van der Waals surface area (Å²) in [6, 6.07) is 1.96. The van der Waals surface area contributed by atoms with E-state index in [1.165, 1.54) is 0 Å². The number of hydrogen-bond donors (Lipinski definition) is 2. The Kier molecular flexibility index (Phi) is 1.51. The van der Waals surface area contributed by atoms with E-state index in [1.807, 2.05) is 0 Å². The highest BCUT2D eigenvalue weighted by atomic mass is 19.1. The van der Waals surface area contributed by atoms with Crippen molar-refractivity contribution in [2.45, 2.75) is 0 Å². The average Bonchev–Trinajstić information content (AvgIpc) is 2.02. The van der Waals surface area contributed by atoms with E-state index in [4.69, 9.17) is 0 Å². The number of aromatic nitrogens is 2. The minimum Gasteiger partial charge on any atom is -0.507 e. The number of phenolic OH excluding ortho intramolecular Hbond substituents is 1. The lowest BCUT2D eigenvalue weighted by Crippen LogP contribution is -2.06. The van der Waals surface area contributed by atoms with Gasteiger partial charge in [0.1, 0.15) is 17.0 Å². The van der Waals surface area contributed by atoms with Gasteiger partial charge in [0, 0.05) is 12.1 Å². The molecule has 5 heteroatoms. The summed E-state index contributed by atoms with van der Waals surface area (Å²) in [6.45, 7) is 0. The van der Waals surface area contributed by atoms with E-state index in [9.17, 15) is 14.3 Å². The highest BCUT2D eigenvalue weighted by molar-refractivity contribution is 5.83. The maximum atomic E-state index is 12.7. The first kappa shape index (κ1) is 7.72. The summed E-state index contributed by atoms with van der Waals surface area (Å²) in [5, 5.41) is 9.24. The van der Waals surface area contributed by atoms with E-state index in [0.29, 0.717) is 0 Å². The molecule has 1 heterocycles. The SMILES string of the molecule is O=c1[nH]cnc2cc(F)cc(O)c12. The maximum Gasteiger partial charge on any atom is 0.262 e. The van der Waals surface area contributed by atoms with Gasteiger partial charge in [-0.05, 0) is 0 Å². The summed E-state index contributed by atoms with van der Waals surface area (Å²) in [6.07, 6.45) is 1.16. The van der Waals surface area contributed by atoms with Gasteiger partial charge < -0.3 is 10.1 Å². The van der Waals surface area contributed by atoms with Crippen LogP contribution in [0.5, 0.6) is 5.75 Å². The molecule has 13 heavy (non-hydrogen) atoms. The van der Waals surface area contributed by atoms with Crippen molar-refractivity contribution in [1.82, 2.24) is 9.97 Å². The predicted molar refractivity (Wildman–Crippen MR) is 44.0 cm³/mol. The second-order valence-corrected chi connectivity index (χ2v) is 2.55. The fourth-order valence-electron chi connectivity index (χ4n) is 1.15. The first-order valence-corrected chi connectivity index (χ1v) is 3.54. The number of nitrogens with zero attached hydrogens (tertiary/aromatic N) is 1. The molecular formula is C8H5FN2O2. The second kappa shape index (κ2) is 2.55. The Morgan fingerprint density at radius 2 is 2.23 bits per heavy atom. The number of fused-ring (bicyclic) bond motifs is 1. The van der Waals surface area contributed by atoms with Crippen molar-refractivity contribution >= 4 is 10.9 Å². The van der Waals surface area contributed by atoms with Crippen LogP contribution in [0, 0.1) is 5.82 Å². The monoisotopic (exact) mass is 180 g/mol. The molecule has 0 aliphatic carbocycles. The summed E-state index contributed by atoms with van der Waals surface area (Å²) < 4.78 is 12.7. The van der Waals surface area contributed by atoms with Crippen molar-refractivity contribution < 1.29 is 9.50 Å². The van der Waals surface area contributed by atoms with Gasteiger partial charge in [-0.15, -0.1) is 0 Å². The standard InChI is InChI=1S/C8H5FN2O2/c9-4-1-5-7(6(12)2-4)8(13)11-3-10-5/h1-3,12H,(H,10,11,13). The zero-order valence-electron chi connectivity index (χ0n) is 6.41. The zero-order chi connectivity index (χ0) is 9.42. The molecular weight excluding hydrogens is 175 g/mol. The third-order valence-corrected chi connectivity index (χ3v) is 1.69. The van der Waals surface area contributed by atoms with Gasteiger partial charge in [-0.2, -0.15) is 0 Å². The van der Waals surface area contributed by atoms with Crippen LogP contribution in [-0.2, 0) is 0 Å².